The summed E-state index contributed by atoms with van der Waals surface area (Å²) in [7, 11) is -4.95. The molecule has 44 heavy (non-hydrogen) atoms. The van der Waals surface area contributed by atoms with Crippen molar-refractivity contribution < 1.29 is 36.4 Å². The third-order valence-electron chi connectivity index (χ3n) is 6.95. The molecule has 0 bridgehead atoms. The molecule has 19 heteroatoms. The molecule has 2 aliphatic rings. The van der Waals surface area contributed by atoms with Gasteiger partial charge in [0.2, 0.25) is 0 Å². The van der Waals surface area contributed by atoms with Gasteiger partial charge in [-0.1, -0.05) is 5.16 Å². The highest BCUT2D eigenvalue weighted by Crippen LogP contribution is 2.33. The second-order valence-electron chi connectivity index (χ2n) is 10.6. The molecule has 0 saturated carbocycles. The molecule has 4 heterocycles. The predicted molar refractivity (Wildman–Crippen MR) is 161 cm³/mol. The molecule has 5 rings (SSSR count). The van der Waals surface area contributed by atoms with Gasteiger partial charge in [-0.15, -0.1) is 15.6 Å². The number of oxime groups is 1. The Balaban J connectivity index is 1.19. The van der Waals surface area contributed by atoms with Gasteiger partial charge in [0.25, 0.3) is 11.8 Å². The average molecular weight is 650 g/mol. The van der Waals surface area contributed by atoms with E-state index in [1.165, 1.54) is 19.2 Å². The van der Waals surface area contributed by atoms with Gasteiger partial charge in [-0.05, 0) is 32.0 Å². The number of hydrogen-bond donors (Lipinski definition) is 6. The Morgan fingerprint density at radius 1 is 1.25 bits per heavy atom. The Hall–Kier alpha value is -4.30. The third kappa shape index (κ3) is 6.91. The number of nitrogens with zero attached hydrogens (tertiary/aromatic N) is 4. The van der Waals surface area contributed by atoms with Gasteiger partial charge in [0.05, 0.1) is 11.1 Å². The number of ether oxygens (including phenoxy) is 1. The van der Waals surface area contributed by atoms with E-state index in [2.05, 4.69) is 35.4 Å². The smallest absolute Gasteiger partial charge is 0.418 e. The van der Waals surface area contributed by atoms with Crippen molar-refractivity contribution in [2.24, 2.45) is 11.1 Å². The number of thiazole rings is 1. The Morgan fingerprint density at radius 2 is 2.02 bits per heavy atom. The van der Waals surface area contributed by atoms with Gasteiger partial charge in [0.15, 0.2) is 17.5 Å². The number of benzene rings is 1. The summed E-state index contributed by atoms with van der Waals surface area (Å²) in [4.78, 5) is 39.6. The van der Waals surface area contributed by atoms with Crippen LogP contribution in [0.4, 0.5) is 16.6 Å². The Kier molecular flexibility index (Phi) is 8.75. The number of nitrogen functional groups attached to an aromatic ring is 2. The molecule has 2 fully saturated rings. The lowest BCUT2D eigenvalue weighted by atomic mass is 9.84. The molecule has 8 N–H and O–H groups in total. The highest BCUT2D eigenvalue weighted by atomic mass is 32.3. The summed E-state index contributed by atoms with van der Waals surface area (Å²) >= 11 is 1.06. The molecule has 3 aromatic rings. The number of carbonyl (C=O) groups excluding carboxylic acids is 2. The largest absolute Gasteiger partial charge is 0.490 e. The molecule has 236 valence electrons. The van der Waals surface area contributed by atoms with Gasteiger partial charge in [0.1, 0.15) is 29.9 Å². The van der Waals surface area contributed by atoms with E-state index in [0.29, 0.717) is 33.8 Å². The number of carbonyl (C=O) groups is 2. The quantitative estimate of drug-likeness (QED) is 0.0474. The Bertz CT molecular complexity index is 1710. The van der Waals surface area contributed by atoms with Crippen LogP contribution in [0.1, 0.15) is 19.5 Å². The standard InChI is InChI=1S/C25H31N9O8S2/c1-25(2)21(23(36)34(25)42-44(37,38)39)32-22(35)20(18-12-43-24(27)31-18)33-41-6-5-40-14-3-4-17-15(7-14)16(26)8-19(30-17)29-11-13-9-28-10-13/h3-4,7-8,12-13,21,28H,5-6,9-11H2,1-2H3,(H2,27,31)(H,32,35)(H3,26,29,30)(H,37,38,39)/b33-20-/t21-/m1/s1. The van der Waals surface area contributed by atoms with Crippen molar-refractivity contribution in [3.05, 3.63) is 35.3 Å². The van der Waals surface area contributed by atoms with Gasteiger partial charge < -0.3 is 37.0 Å². The minimum absolute atomic E-state index is 0.0571. The molecule has 17 nitrogen and oxygen atoms in total. The predicted octanol–water partition coefficient (Wildman–Crippen LogP) is 0.127. The number of aromatic nitrogens is 2. The van der Waals surface area contributed by atoms with Gasteiger partial charge in [0, 0.05) is 48.1 Å². The third-order valence-corrected chi connectivity index (χ3v) is 7.96. The molecule has 0 radical (unpaired) electrons. The molecule has 1 aromatic carbocycles. The minimum atomic E-state index is -4.95. The number of fused-ring (bicyclic) bond motifs is 1. The molecule has 2 aliphatic heterocycles. The van der Waals surface area contributed by atoms with Crippen LogP contribution >= 0.6 is 11.3 Å². The van der Waals surface area contributed by atoms with Crippen molar-refractivity contribution in [2.45, 2.75) is 25.4 Å². The fourth-order valence-electron chi connectivity index (χ4n) is 4.48. The van der Waals surface area contributed by atoms with E-state index in [4.69, 9.17) is 25.6 Å². The lowest BCUT2D eigenvalue weighted by Crippen LogP contribution is -2.76. The maximum Gasteiger partial charge on any atom is 0.418 e. The van der Waals surface area contributed by atoms with Crippen molar-refractivity contribution in [3.8, 4) is 5.75 Å². The summed E-state index contributed by atoms with van der Waals surface area (Å²) in [6.07, 6.45) is 0. The summed E-state index contributed by atoms with van der Waals surface area (Å²) in [5.74, 6) is 0.0501. The Labute approximate surface area is 255 Å². The highest BCUT2D eigenvalue weighted by molar-refractivity contribution is 7.80. The molecule has 0 aliphatic carbocycles. The molecule has 2 amide bonds. The molecular weight excluding hydrogens is 618 g/mol. The molecular formula is C25H31N9O8S2. The number of amides is 2. The zero-order valence-electron chi connectivity index (χ0n) is 23.6. The SMILES string of the molecule is CC1(C)[C@H](NC(=O)/C(=N\OCCOc2ccc3nc(NCC4CNC4)cc(N)c3c2)c2csc(N)n2)C(=O)N1OS(=O)(=O)O. The van der Waals surface area contributed by atoms with Gasteiger partial charge >= 0.3 is 10.4 Å². The second-order valence-corrected chi connectivity index (χ2v) is 12.5. The topological polar surface area (TPSA) is 246 Å². The van der Waals surface area contributed by atoms with E-state index in [1.807, 2.05) is 0 Å². The van der Waals surface area contributed by atoms with Crippen LogP contribution in [0, 0.1) is 5.92 Å². The number of pyridine rings is 1. The first-order chi connectivity index (χ1) is 20.8. The molecule has 1 atom stereocenters. The number of nitrogens with one attached hydrogen (secondary N) is 3. The van der Waals surface area contributed by atoms with Crippen LogP contribution in [0.15, 0.2) is 34.8 Å². The van der Waals surface area contributed by atoms with E-state index in [1.54, 1.807) is 24.3 Å². The fourth-order valence-corrected chi connectivity index (χ4v) is 5.48. The van der Waals surface area contributed by atoms with E-state index >= 15 is 0 Å². The Morgan fingerprint density at radius 3 is 2.66 bits per heavy atom. The summed E-state index contributed by atoms with van der Waals surface area (Å²) in [6.45, 7) is 5.63. The summed E-state index contributed by atoms with van der Waals surface area (Å²) in [6, 6.07) is 5.90. The highest BCUT2D eigenvalue weighted by Gasteiger charge is 2.58. The molecule has 2 saturated heterocycles. The number of nitrogens with two attached hydrogens (primary N) is 2. The fraction of sp³-hybridized carbons (Fsp3) is 0.400. The van der Waals surface area contributed by atoms with Crippen molar-refractivity contribution in [3.63, 3.8) is 0 Å². The van der Waals surface area contributed by atoms with Crippen LogP contribution in [0.3, 0.4) is 0 Å². The van der Waals surface area contributed by atoms with Crippen molar-refractivity contribution in [1.82, 2.24) is 25.7 Å². The summed E-state index contributed by atoms with van der Waals surface area (Å²) in [5.41, 5.74) is 11.7. The average Bonchev–Trinajstić information content (AvgIpc) is 3.36. The van der Waals surface area contributed by atoms with Crippen LogP contribution in [-0.2, 0) is 29.1 Å². The monoisotopic (exact) mass is 649 g/mol. The maximum absolute atomic E-state index is 13.1. The van der Waals surface area contributed by atoms with Gasteiger partial charge in [-0.3, -0.25) is 14.1 Å². The first-order valence-corrected chi connectivity index (χ1v) is 15.6. The minimum Gasteiger partial charge on any atom is -0.490 e. The number of β-lactam (4-membered cyclic amide) rings is 1. The number of rotatable bonds is 13. The van der Waals surface area contributed by atoms with Crippen LogP contribution in [0.5, 0.6) is 5.75 Å². The molecule has 2 aromatic heterocycles. The number of hydroxylamine groups is 2. The lowest BCUT2D eigenvalue weighted by Gasteiger charge is -2.50. The zero-order chi connectivity index (χ0) is 31.6. The van der Waals surface area contributed by atoms with Crippen molar-refractivity contribution >= 4 is 66.8 Å². The van der Waals surface area contributed by atoms with Crippen molar-refractivity contribution in [1.29, 1.82) is 0 Å². The lowest BCUT2D eigenvalue weighted by molar-refractivity contribution is -0.218. The summed E-state index contributed by atoms with van der Waals surface area (Å²) in [5, 5.41) is 15.7. The van der Waals surface area contributed by atoms with E-state index in [0.717, 1.165) is 36.4 Å². The van der Waals surface area contributed by atoms with Crippen LogP contribution in [0.2, 0.25) is 0 Å². The molecule has 0 spiro atoms. The van der Waals surface area contributed by atoms with E-state index in [-0.39, 0.29) is 29.8 Å². The number of hydrogen-bond acceptors (Lipinski definition) is 15. The van der Waals surface area contributed by atoms with Gasteiger partial charge in [-0.2, -0.15) is 13.5 Å². The van der Waals surface area contributed by atoms with Crippen LogP contribution < -0.4 is 32.2 Å². The normalized spacial score (nSPS) is 18.4. The summed E-state index contributed by atoms with van der Waals surface area (Å²) < 4.78 is 41.1. The maximum atomic E-state index is 13.1. The van der Waals surface area contributed by atoms with E-state index < -0.39 is 33.8 Å². The first-order valence-electron chi connectivity index (χ1n) is 13.3. The molecule has 0 unspecified atom stereocenters. The zero-order valence-corrected chi connectivity index (χ0v) is 25.3. The number of anilines is 3. The van der Waals surface area contributed by atoms with Crippen LogP contribution in [0.25, 0.3) is 10.9 Å². The van der Waals surface area contributed by atoms with E-state index in [9.17, 15) is 18.0 Å². The second kappa shape index (κ2) is 12.4. The first kappa shape index (κ1) is 31.1. The van der Waals surface area contributed by atoms with Gasteiger partial charge in [-0.25, -0.2) is 9.97 Å². The van der Waals surface area contributed by atoms with Crippen LogP contribution in [-0.4, -0.2) is 90.0 Å². The van der Waals surface area contributed by atoms with Crippen molar-refractivity contribution in [2.75, 3.05) is 49.6 Å².